The third-order valence-corrected chi connectivity index (χ3v) is 13.0. The number of benzene rings is 9. The van der Waals surface area contributed by atoms with E-state index < -0.39 is 0 Å². The largest absolute Gasteiger partial charge is 0.256 e. The summed E-state index contributed by atoms with van der Waals surface area (Å²) in [4.78, 5) is 20.5. The molecule has 0 radical (unpaired) electrons. The van der Waals surface area contributed by atoms with Crippen molar-refractivity contribution in [3.8, 4) is 73.6 Å². The molecule has 12 rings (SSSR count). The molecule has 0 N–H and O–H groups in total. The van der Waals surface area contributed by atoms with Gasteiger partial charge in [-0.1, -0.05) is 159 Å². The van der Waals surface area contributed by atoms with Crippen molar-refractivity contribution in [2.24, 2.45) is 0 Å². The van der Waals surface area contributed by atoms with Crippen LogP contribution < -0.4 is 0 Å². The molecule has 0 amide bonds. The second kappa shape index (κ2) is 14.1. The third kappa shape index (κ3) is 5.76. The van der Waals surface area contributed by atoms with E-state index in [2.05, 4.69) is 153 Å². The second-order valence-corrected chi connectivity index (χ2v) is 16.9. The molecule has 11 aromatic rings. The summed E-state index contributed by atoms with van der Waals surface area (Å²) in [5.41, 5.74) is 13.6. The number of nitrogens with zero attached hydrogens (tertiary/aromatic N) is 5. The molecule has 0 atom stereocenters. The maximum absolute atomic E-state index is 9.95. The minimum Gasteiger partial charge on any atom is -0.256 e. The minimum atomic E-state index is -0.155. The van der Waals surface area contributed by atoms with Crippen LogP contribution in [0.5, 0.6) is 0 Å². The quantitative estimate of drug-likeness (QED) is 0.162. The van der Waals surface area contributed by atoms with E-state index in [1.165, 1.54) is 22.3 Å². The molecule has 0 spiro atoms. The average Bonchev–Trinajstić information content (AvgIpc) is 3.58. The molecule has 2 heterocycles. The smallest absolute Gasteiger partial charge is 0.164 e. The molecule has 9 aromatic carbocycles. The van der Waals surface area contributed by atoms with Gasteiger partial charge in [-0.15, -0.1) is 0 Å². The predicted octanol–water partition coefficient (Wildman–Crippen LogP) is 14.4. The summed E-state index contributed by atoms with van der Waals surface area (Å²) in [5.74, 6) is 1.88. The van der Waals surface area contributed by atoms with E-state index in [0.29, 0.717) is 23.0 Å². The van der Waals surface area contributed by atoms with Gasteiger partial charge in [0.1, 0.15) is 0 Å². The van der Waals surface area contributed by atoms with Gasteiger partial charge in [-0.2, -0.15) is 5.26 Å². The van der Waals surface area contributed by atoms with E-state index in [-0.39, 0.29) is 5.41 Å². The van der Waals surface area contributed by atoms with Gasteiger partial charge in [-0.3, -0.25) is 4.98 Å². The number of pyridine rings is 1. The van der Waals surface area contributed by atoms with Crippen LogP contribution in [0.3, 0.4) is 0 Å². The molecule has 63 heavy (non-hydrogen) atoms. The molecule has 5 nitrogen and oxygen atoms in total. The molecule has 1 aliphatic rings. The highest BCUT2D eigenvalue weighted by Gasteiger charge is 2.35. The normalized spacial score (nSPS) is 12.7. The number of fused-ring (bicyclic) bond motifs is 9. The third-order valence-electron chi connectivity index (χ3n) is 13.0. The number of rotatable bonds is 5. The van der Waals surface area contributed by atoms with Gasteiger partial charge >= 0.3 is 0 Å². The van der Waals surface area contributed by atoms with E-state index in [0.717, 1.165) is 82.2 Å². The molecule has 0 saturated carbocycles. The van der Waals surface area contributed by atoms with E-state index in [4.69, 9.17) is 19.9 Å². The first-order valence-corrected chi connectivity index (χ1v) is 21.3. The number of nitriles is 1. The fourth-order valence-corrected chi connectivity index (χ4v) is 9.92. The topological polar surface area (TPSA) is 75.3 Å². The second-order valence-electron chi connectivity index (χ2n) is 16.9. The van der Waals surface area contributed by atoms with Gasteiger partial charge in [0.25, 0.3) is 0 Å². The summed E-state index contributed by atoms with van der Waals surface area (Å²) in [6.07, 6.45) is 1.87. The Hall–Kier alpha value is -8.33. The highest BCUT2D eigenvalue weighted by Crippen LogP contribution is 2.50. The Balaban J connectivity index is 1.03. The number of aromatic nitrogens is 4. The van der Waals surface area contributed by atoms with Crippen molar-refractivity contribution >= 4 is 43.2 Å². The van der Waals surface area contributed by atoms with E-state index >= 15 is 0 Å². The first-order chi connectivity index (χ1) is 30.9. The lowest BCUT2D eigenvalue weighted by atomic mass is 9.82. The maximum Gasteiger partial charge on any atom is 0.164 e. The van der Waals surface area contributed by atoms with Crippen molar-refractivity contribution in [3.05, 3.63) is 205 Å². The summed E-state index contributed by atoms with van der Waals surface area (Å²) in [7, 11) is 0. The van der Waals surface area contributed by atoms with Crippen LogP contribution in [0, 0.1) is 11.3 Å². The lowest BCUT2D eigenvalue weighted by Gasteiger charge is -2.21. The molecule has 294 valence electrons. The highest BCUT2D eigenvalue weighted by atomic mass is 15.0. The van der Waals surface area contributed by atoms with Crippen molar-refractivity contribution in [1.82, 2.24) is 19.9 Å². The number of hydrogen-bond donors (Lipinski definition) is 0. The SMILES string of the molecule is CC1(C)c2ccccc2-c2ccc(-c3nc(-c4ccccc4)nc(-c4cccc(-c5cc6c7cccnc7c(-c7ccc(C#N)c8ccccc78)cc6c6ccccc56)c4)n3)cc21. The Labute approximate surface area is 364 Å². The zero-order chi connectivity index (χ0) is 42.2. The molecule has 0 aliphatic heterocycles. The minimum absolute atomic E-state index is 0.155. The number of hydrogen-bond acceptors (Lipinski definition) is 5. The Morgan fingerprint density at radius 3 is 1.75 bits per heavy atom. The molecule has 0 bridgehead atoms. The first kappa shape index (κ1) is 36.5. The maximum atomic E-state index is 9.95. The molecule has 0 unspecified atom stereocenters. The Morgan fingerprint density at radius 1 is 0.381 bits per heavy atom. The van der Waals surface area contributed by atoms with Crippen molar-refractivity contribution in [2.75, 3.05) is 0 Å². The summed E-state index contributed by atoms with van der Waals surface area (Å²) in [5, 5.41) is 17.5. The summed E-state index contributed by atoms with van der Waals surface area (Å²) < 4.78 is 0. The molecule has 0 fully saturated rings. The standard InChI is InChI=1S/C58H37N5/c1-58(2)52-24-11-10-22-45(52)46-28-25-38(31-53(46)58)57-62-55(35-14-4-3-5-15-35)61-56(63-57)37-17-12-16-36(30-37)48-32-50-47-23-13-29-60-54(47)51(33-49(50)43-21-9-8-20-42(43)48)44-27-26-39(34-59)40-18-6-7-19-41(40)44/h3-33H,1-2H3. The van der Waals surface area contributed by atoms with Crippen molar-refractivity contribution in [2.45, 2.75) is 19.3 Å². The first-order valence-electron chi connectivity index (χ1n) is 21.3. The van der Waals surface area contributed by atoms with E-state index in [1.54, 1.807) is 0 Å². The van der Waals surface area contributed by atoms with Gasteiger partial charge in [-0.25, -0.2) is 15.0 Å². The van der Waals surface area contributed by atoms with Crippen LogP contribution >= 0.6 is 0 Å². The van der Waals surface area contributed by atoms with Gasteiger partial charge in [0.05, 0.1) is 17.1 Å². The van der Waals surface area contributed by atoms with E-state index in [9.17, 15) is 5.26 Å². The van der Waals surface area contributed by atoms with Gasteiger partial charge in [0, 0.05) is 44.6 Å². The van der Waals surface area contributed by atoms with Crippen molar-refractivity contribution in [1.29, 1.82) is 5.26 Å². The Bertz CT molecular complexity index is 3730. The van der Waals surface area contributed by atoms with E-state index in [1.807, 2.05) is 54.7 Å². The van der Waals surface area contributed by atoms with Gasteiger partial charge in [0.15, 0.2) is 17.5 Å². The van der Waals surface area contributed by atoms with Crippen LogP contribution in [0.1, 0.15) is 30.5 Å². The predicted molar refractivity (Wildman–Crippen MR) is 257 cm³/mol. The molecular formula is C58H37N5. The molecule has 5 heteroatoms. The van der Waals surface area contributed by atoms with Crippen LogP contribution in [0.2, 0.25) is 0 Å². The molecular weight excluding hydrogens is 767 g/mol. The van der Waals surface area contributed by atoms with Gasteiger partial charge in [-0.05, 0) is 102 Å². The van der Waals surface area contributed by atoms with Crippen LogP contribution in [-0.2, 0) is 5.41 Å². The average molecular weight is 804 g/mol. The molecule has 1 aliphatic carbocycles. The van der Waals surface area contributed by atoms with Crippen LogP contribution in [-0.4, -0.2) is 19.9 Å². The lowest BCUT2D eigenvalue weighted by Crippen LogP contribution is -2.15. The highest BCUT2D eigenvalue weighted by molar-refractivity contribution is 6.24. The summed E-state index contributed by atoms with van der Waals surface area (Å²) in [6, 6.07) is 66.1. The van der Waals surface area contributed by atoms with Crippen molar-refractivity contribution in [3.63, 3.8) is 0 Å². The fraction of sp³-hybridized carbons (Fsp3) is 0.0517. The zero-order valence-electron chi connectivity index (χ0n) is 34.6. The lowest BCUT2D eigenvalue weighted by molar-refractivity contribution is 0.660. The van der Waals surface area contributed by atoms with Gasteiger partial charge < -0.3 is 0 Å². The van der Waals surface area contributed by atoms with Crippen LogP contribution in [0.4, 0.5) is 0 Å². The summed E-state index contributed by atoms with van der Waals surface area (Å²) >= 11 is 0. The Morgan fingerprint density at radius 2 is 0.952 bits per heavy atom. The monoisotopic (exact) mass is 803 g/mol. The van der Waals surface area contributed by atoms with Crippen LogP contribution in [0.25, 0.3) is 111 Å². The fourth-order valence-electron chi connectivity index (χ4n) is 9.92. The summed E-state index contributed by atoms with van der Waals surface area (Å²) in [6.45, 7) is 4.60. The van der Waals surface area contributed by atoms with Crippen LogP contribution in [0.15, 0.2) is 188 Å². The molecule has 2 aromatic heterocycles. The Kier molecular flexibility index (Phi) is 8.19. The van der Waals surface area contributed by atoms with Gasteiger partial charge in [0.2, 0.25) is 0 Å². The molecule has 0 saturated heterocycles. The zero-order valence-corrected chi connectivity index (χ0v) is 34.6. The van der Waals surface area contributed by atoms with Crippen molar-refractivity contribution < 1.29 is 0 Å².